The zero-order chi connectivity index (χ0) is 26.2. The topological polar surface area (TPSA) is 44.8 Å². The Bertz CT molecular complexity index is 496. The van der Waals surface area contributed by atoms with Crippen LogP contribution in [0.5, 0.6) is 0 Å². The molecule has 0 bridgehead atoms. The summed E-state index contributed by atoms with van der Waals surface area (Å²) in [6.45, 7) is 15.8. The lowest BCUT2D eigenvalue weighted by Gasteiger charge is -2.41. The lowest BCUT2D eigenvalue weighted by Crippen LogP contribution is -2.44. The SMILES string of the molecule is C=C(C)C(=O)OCCCC(CCCCCCCC)C(CCCCCCCCCC)(OCC)OCC. The fraction of sp³-hybridized carbons (Fsp3) is 0.903. The fourth-order valence-corrected chi connectivity index (χ4v) is 4.99. The third-order valence-electron chi connectivity index (χ3n) is 6.96. The minimum Gasteiger partial charge on any atom is -0.462 e. The number of carbonyl (C=O) groups excluding carboxylic acids is 1. The normalized spacial score (nSPS) is 12.6. The van der Waals surface area contributed by atoms with Crippen LogP contribution in [-0.2, 0) is 19.0 Å². The molecule has 0 fully saturated rings. The molecule has 4 heteroatoms. The maximum Gasteiger partial charge on any atom is 0.333 e. The molecule has 1 atom stereocenters. The first-order valence-corrected chi connectivity index (χ1v) is 15.1. The average Bonchev–Trinajstić information content (AvgIpc) is 2.84. The first-order chi connectivity index (χ1) is 17.0. The van der Waals surface area contributed by atoms with Crippen molar-refractivity contribution >= 4 is 5.97 Å². The highest BCUT2D eigenvalue weighted by Gasteiger charge is 2.39. The number of esters is 1. The lowest BCUT2D eigenvalue weighted by atomic mass is 9.84. The molecule has 0 saturated carbocycles. The molecule has 0 radical (unpaired) electrons. The van der Waals surface area contributed by atoms with Gasteiger partial charge in [-0.15, -0.1) is 0 Å². The van der Waals surface area contributed by atoms with Crippen LogP contribution in [0.4, 0.5) is 0 Å². The summed E-state index contributed by atoms with van der Waals surface area (Å²) in [5.74, 6) is -0.494. The van der Waals surface area contributed by atoms with Gasteiger partial charge in [-0.2, -0.15) is 0 Å². The van der Waals surface area contributed by atoms with Gasteiger partial charge in [0, 0.05) is 31.1 Å². The van der Waals surface area contributed by atoms with Gasteiger partial charge in [0.2, 0.25) is 0 Å². The third-order valence-corrected chi connectivity index (χ3v) is 6.96. The van der Waals surface area contributed by atoms with E-state index in [2.05, 4.69) is 34.3 Å². The summed E-state index contributed by atoms with van der Waals surface area (Å²) in [5.41, 5.74) is 0.460. The van der Waals surface area contributed by atoms with E-state index in [1.54, 1.807) is 6.92 Å². The summed E-state index contributed by atoms with van der Waals surface area (Å²) in [7, 11) is 0. The van der Waals surface area contributed by atoms with Crippen LogP contribution in [0.1, 0.15) is 150 Å². The number of carbonyl (C=O) groups is 1. The highest BCUT2D eigenvalue weighted by Crippen LogP contribution is 2.37. The lowest BCUT2D eigenvalue weighted by molar-refractivity contribution is -0.271. The van der Waals surface area contributed by atoms with Crippen LogP contribution < -0.4 is 0 Å². The van der Waals surface area contributed by atoms with Gasteiger partial charge in [0.25, 0.3) is 0 Å². The molecule has 0 heterocycles. The van der Waals surface area contributed by atoms with E-state index in [1.807, 2.05) is 0 Å². The Balaban J connectivity index is 5.04. The van der Waals surface area contributed by atoms with Gasteiger partial charge in [0.1, 0.15) is 0 Å². The Kier molecular flexibility index (Phi) is 22.9. The van der Waals surface area contributed by atoms with Crippen LogP contribution in [0.15, 0.2) is 12.2 Å². The van der Waals surface area contributed by atoms with Crippen molar-refractivity contribution in [2.45, 2.75) is 156 Å². The van der Waals surface area contributed by atoms with E-state index in [0.29, 0.717) is 31.3 Å². The van der Waals surface area contributed by atoms with Gasteiger partial charge in [0.05, 0.1) is 6.61 Å². The van der Waals surface area contributed by atoms with Crippen molar-refractivity contribution in [1.82, 2.24) is 0 Å². The summed E-state index contributed by atoms with van der Waals surface area (Å²) < 4.78 is 18.3. The Labute approximate surface area is 219 Å². The van der Waals surface area contributed by atoms with Crippen LogP contribution in [-0.4, -0.2) is 31.6 Å². The molecule has 0 N–H and O–H groups in total. The number of rotatable bonds is 26. The molecule has 4 nitrogen and oxygen atoms in total. The summed E-state index contributed by atoms with van der Waals surface area (Å²) in [6, 6.07) is 0. The molecule has 35 heavy (non-hydrogen) atoms. The van der Waals surface area contributed by atoms with Gasteiger partial charge in [-0.25, -0.2) is 4.79 Å². The van der Waals surface area contributed by atoms with Crippen LogP contribution in [0.3, 0.4) is 0 Å². The molecule has 0 saturated heterocycles. The van der Waals surface area contributed by atoms with Crippen molar-refractivity contribution in [3.05, 3.63) is 12.2 Å². The van der Waals surface area contributed by atoms with E-state index < -0.39 is 5.79 Å². The second-order valence-corrected chi connectivity index (χ2v) is 10.2. The van der Waals surface area contributed by atoms with E-state index in [4.69, 9.17) is 14.2 Å². The van der Waals surface area contributed by atoms with Crippen LogP contribution >= 0.6 is 0 Å². The molecule has 0 spiro atoms. The fourth-order valence-electron chi connectivity index (χ4n) is 4.99. The van der Waals surface area contributed by atoms with E-state index >= 15 is 0 Å². The molecule has 0 amide bonds. The Morgan fingerprint density at radius 2 is 1.14 bits per heavy atom. The predicted octanol–water partition coefficient (Wildman–Crippen LogP) is 9.55. The highest BCUT2D eigenvalue weighted by molar-refractivity contribution is 5.86. The summed E-state index contributed by atoms with van der Waals surface area (Å²) in [5, 5.41) is 0. The van der Waals surface area contributed by atoms with Crippen molar-refractivity contribution in [2.75, 3.05) is 19.8 Å². The molecular formula is C31H60O4. The number of unbranched alkanes of at least 4 members (excludes halogenated alkanes) is 12. The molecule has 0 aromatic rings. The van der Waals surface area contributed by atoms with E-state index in [0.717, 1.165) is 32.1 Å². The molecule has 0 aromatic carbocycles. The predicted molar refractivity (Wildman–Crippen MR) is 150 cm³/mol. The van der Waals surface area contributed by atoms with Gasteiger partial charge in [-0.05, 0) is 46.5 Å². The van der Waals surface area contributed by atoms with Gasteiger partial charge in [0.15, 0.2) is 5.79 Å². The number of hydrogen-bond acceptors (Lipinski definition) is 4. The van der Waals surface area contributed by atoms with Crippen LogP contribution in [0, 0.1) is 5.92 Å². The van der Waals surface area contributed by atoms with Crippen LogP contribution in [0.25, 0.3) is 0 Å². The summed E-state index contributed by atoms with van der Waals surface area (Å²) >= 11 is 0. The Morgan fingerprint density at radius 3 is 1.63 bits per heavy atom. The van der Waals surface area contributed by atoms with Crippen molar-refractivity contribution in [1.29, 1.82) is 0 Å². The van der Waals surface area contributed by atoms with Crippen molar-refractivity contribution in [3.8, 4) is 0 Å². The molecule has 208 valence electrons. The van der Waals surface area contributed by atoms with Crippen molar-refractivity contribution in [3.63, 3.8) is 0 Å². The quantitative estimate of drug-likeness (QED) is 0.0517. The average molecular weight is 497 g/mol. The van der Waals surface area contributed by atoms with Crippen LogP contribution in [0.2, 0.25) is 0 Å². The Morgan fingerprint density at radius 1 is 0.686 bits per heavy atom. The zero-order valence-corrected chi connectivity index (χ0v) is 24.3. The molecule has 0 aromatic heterocycles. The first kappa shape index (κ1) is 34.1. The zero-order valence-electron chi connectivity index (χ0n) is 24.3. The number of hydrogen-bond donors (Lipinski definition) is 0. The maximum atomic E-state index is 11.8. The van der Waals surface area contributed by atoms with E-state index in [9.17, 15) is 4.79 Å². The van der Waals surface area contributed by atoms with Gasteiger partial charge in [-0.1, -0.05) is 104 Å². The van der Waals surface area contributed by atoms with E-state index in [-0.39, 0.29) is 5.97 Å². The highest BCUT2D eigenvalue weighted by atomic mass is 16.7. The smallest absolute Gasteiger partial charge is 0.333 e. The van der Waals surface area contributed by atoms with Crippen molar-refractivity contribution in [2.24, 2.45) is 5.92 Å². The van der Waals surface area contributed by atoms with Gasteiger partial charge in [-0.3, -0.25) is 0 Å². The summed E-state index contributed by atoms with van der Waals surface area (Å²) in [6.07, 6.45) is 22.0. The monoisotopic (exact) mass is 496 g/mol. The molecule has 0 aliphatic rings. The Hall–Kier alpha value is -0.870. The minimum atomic E-state index is -0.520. The first-order valence-electron chi connectivity index (χ1n) is 15.1. The largest absolute Gasteiger partial charge is 0.462 e. The molecule has 0 aliphatic heterocycles. The maximum absolute atomic E-state index is 11.8. The second kappa shape index (κ2) is 23.5. The van der Waals surface area contributed by atoms with Gasteiger partial charge < -0.3 is 14.2 Å². The summed E-state index contributed by atoms with van der Waals surface area (Å²) in [4.78, 5) is 11.8. The second-order valence-electron chi connectivity index (χ2n) is 10.2. The van der Waals surface area contributed by atoms with Crippen molar-refractivity contribution < 1.29 is 19.0 Å². The number of ether oxygens (including phenoxy) is 3. The van der Waals surface area contributed by atoms with E-state index in [1.165, 1.54) is 83.5 Å². The minimum absolute atomic E-state index is 0.294. The standard InChI is InChI=1S/C31H60O4/c1-7-11-13-15-17-18-20-22-26-31(34-9-3,35-10-4)29(24-21-19-16-14-12-8-2)25-23-27-33-30(32)28(5)6/h29H,5,7-27H2,1-4,6H3. The van der Waals surface area contributed by atoms with Gasteiger partial charge >= 0.3 is 5.97 Å². The third kappa shape index (κ3) is 17.3. The molecule has 1 unspecified atom stereocenters. The molecular weight excluding hydrogens is 436 g/mol. The molecule has 0 aliphatic carbocycles. The molecule has 0 rings (SSSR count).